The van der Waals surface area contributed by atoms with Crippen LogP contribution in [0.2, 0.25) is 0 Å². The van der Waals surface area contributed by atoms with Gasteiger partial charge in [-0.05, 0) is 30.7 Å². The zero-order chi connectivity index (χ0) is 23.7. The van der Waals surface area contributed by atoms with Gasteiger partial charge in [0.15, 0.2) is 11.6 Å². The second-order valence-electron chi connectivity index (χ2n) is 9.40. The monoisotopic (exact) mass is 452 g/mol. The Hall–Kier alpha value is -2.23. The molecule has 1 atom stereocenters. The maximum absolute atomic E-state index is 12.0. The number of ether oxygens (including phenoxy) is 1. The van der Waals surface area contributed by atoms with E-state index in [0.29, 0.717) is 23.9 Å². The minimum absolute atomic E-state index is 0.213. The maximum Gasteiger partial charge on any atom is 0.311 e. The van der Waals surface area contributed by atoms with Gasteiger partial charge in [0.1, 0.15) is 0 Å². The van der Waals surface area contributed by atoms with Crippen molar-refractivity contribution in [2.45, 2.75) is 111 Å². The number of hydrogen-bond acceptors (Lipinski definition) is 4. The van der Waals surface area contributed by atoms with Crippen molar-refractivity contribution in [3.05, 3.63) is 42.2 Å². The molecule has 0 aliphatic carbocycles. The standard InChI is InChI=1S/C29H44N2O2/c1-4-6-7-8-9-10-11-12-13-16-25-18-20-26(21-19-25)29-30-22-27(23-31-29)33-28(32)17-14-15-24(3)5-2/h18-24H,4-17H2,1-3H3. The molecular formula is C29H44N2O2. The summed E-state index contributed by atoms with van der Waals surface area (Å²) in [6.45, 7) is 6.65. The van der Waals surface area contributed by atoms with Gasteiger partial charge >= 0.3 is 5.97 Å². The highest BCUT2D eigenvalue weighted by molar-refractivity contribution is 5.72. The first-order chi connectivity index (χ1) is 16.1. The van der Waals surface area contributed by atoms with Crippen LogP contribution < -0.4 is 4.74 Å². The molecule has 0 saturated heterocycles. The third-order valence-corrected chi connectivity index (χ3v) is 6.42. The van der Waals surface area contributed by atoms with Crippen molar-refractivity contribution in [1.82, 2.24) is 9.97 Å². The van der Waals surface area contributed by atoms with Crippen LogP contribution in [-0.2, 0) is 11.2 Å². The van der Waals surface area contributed by atoms with Gasteiger partial charge < -0.3 is 4.74 Å². The summed E-state index contributed by atoms with van der Waals surface area (Å²) in [5.41, 5.74) is 2.35. The number of aryl methyl sites for hydroxylation is 1. The fourth-order valence-corrected chi connectivity index (χ4v) is 3.96. The number of aromatic nitrogens is 2. The molecule has 0 saturated carbocycles. The largest absolute Gasteiger partial charge is 0.423 e. The topological polar surface area (TPSA) is 52.1 Å². The SMILES string of the molecule is CCCCCCCCCCCc1ccc(-c2ncc(OC(=O)CCCC(C)CC)cn2)cc1. The van der Waals surface area contributed by atoms with Gasteiger partial charge in [0.25, 0.3) is 0 Å². The Labute approximate surface area is 201 Å². The van der Waals surface area contributed by atoms with Crippen LogP contribution in [0.4, 0.5) is 0 Å². The quantitative estimate of drug-likeness (QED) is 0.179. The number of nitrogens with zero attached hydrogens (tertiary/aromatic N) is 2. The molecule has 1 aromatic heterocycles. The van der Waals surface area contributed by atoms with E-state index in [1.807, 2.05) is 0 Å². The Morgan fingerprint density at radius 3 is 2.06 bits per heavy atom. The van der Waals surface area contributed by atoms with Crippen molar-refractivity contribution < 1.29 is 9.53 Å². The zero-order valence-corrected chi connectivity index (χ0v) is 21.2. The van der Waals surface area contributed by atoms with Gasteiger partial charge in [-0.3, -0.25) is 4.79 Å². The van der Waals surface area contributed by atoms with E-state index in [1.54, 1.807) is 12.4 Å². The maximum atomic E-state index is 12.0. The molecule has 0 fully saturated rings. The summed E-state index contributed by atoms with van der Waals surface area (Å²) >= 11 is 0. The van der Waals surface area contributed by atoms with Gasteiger partial charge in [0, 0.05) is 12.0 Å². The van der Waals surface area contributed by atoms with Gasteiger partial charge in [-0.1, -0.05) is 109 Å². The lowest BCUT2D eigenvalue weighted by molar-refractivity contribution is -0.134. The summed E-state index contributed by atoms with van der Waals surface area (Å²) in [5, 5.41) is 0. The van der Waals surface area contributed by atoms with Gasteiger partial charge in [-0.25, -0.2) is 9.97 Å². The van der Waals surface area contributed by atoms with Crippen LogP contribution in [0.1, 0.15) is 110 Å². The zero-order valence-electron chi connectivity index (χ0n) is 21.2. The molecule has 4 heteroatoms. The molecule has 1 aromatic carbocycles. The molecule has 0 bridgehead atoms. The van der Waals surface area contributed by atoms with E-state index in [-0.39, 0.29) is 5.97 Å². The highest BCUT2D eigenvalue weighted by Gasteiger charge is 2.08. The van der Waals surface area contributed by atoms with E-state index in [9.17, 15) is 4.79 Å². The molecule has 0 radical (unpaired) electrons. The van der Waals surface area contributed by atoms with Crippen LogP contribution >= 0.6 is 0 Å². The molecule has 4 nitrogen and oxygen atoms in total. The lowest BCUT2D eigenvalue weighted by Gasteiger charge is -2.08. The molecule has 0 N–H and O–H groups in total. The number of rotatable bonds is 17. The van der Waals surface area contributed by atoms with Crippen LogP contribution in [-0.4, -0.2) is 15.9 Å². The predicted octanol–water partition coefficient (Wildman–Crippen LogP) is 8.34. The predicted molar refractivity (Wildman–Crippen MR) is 137 cm³/mol. The first-order valence-corrected chi connectivity index (χ1v) is 13.2. The van der Waals surface area contributed by atoms with Crippen molar-refractivity contribution in [2.75, 3.05) is 0 Å². The Balaban J connectivity index is 1.67. The van der Waals surface area contributed by atoms with Gasteiger partial charge in [-0.15, -0.1) is 0 Å². The molecule has 2 aromatic rings. The van der Waals surface area contributed by atoms with Crippen LogP contribution in [0.25, 0.3) is 11.4 Å². The van der Waals surface area contributed by atoms with Crippen molar-refractivity contribution in [3.63, 3.8) is 0 Å². The molecule has 0 spiro atoms. The summed E-state index contributed by atoms with van der Waals surface area (Å²) in [5.74, 6) is 1.50. The lowest BCUT2D eigenvalue weighted by Crippen LogP contribution is -2.09. The van der Waals surface area contributed by atoms with Crippen molar-refractivity contribution in [2.24, 2.45) is 5.92 Å². The Morgan fingerprint density at radius 2 is 1.45 bits per heavy atom. The van der Waals surface area contributed by atoms with Crippen LogP contribution in [0.3, 0.4) is 0 Å². The molecule has 1 heterocycles. The summed E-state index contributed by atoms with van der Waals surface area (Å²) in [6.07, 6.45) is 20.0. The molecule has 0 aliphatic rings. The normalized spacial score (nSPS) is 12.0. The average molecular weight is 453 g/mol. The summed E-state index contributed by atoms with van der Waals surface area (Å²) in [7, 11) is 0. The second kappa shape index (κ2) is 16.4. The Bertz CT molecular complexity index is 771. The third-order valence-electron chi connectivity index (χ3n) is 6.42. The van der Waals surface area contributed by atoms with Gasteiger partial charge in [0.2, 0.25) is 0 Å². The molecule has 33 heavy (non-hydrogen) atoms. The number of carbonyl (C=O) groups excluding carboxylic acids is 1. The molecular weight excluding hydrogens is 408 g/mol. The van der Waals surface area contributed by atoms with E-state index >= 15 is 0 Å². The van der Waals surface area contributed by atoms with Crippen LogP contribution in [0.5, 0.6) is 5.75 Å². The van der Waals surface area contributed by atoms with Crippen LogP contribution in [0.15, 0.2) is 36.7 Å². The van der Waals surface area contributed by atoms with Crippen molar-refractivity contribution in [3.8, 4) is 17.1 Å². The van der Waals surface area contributed by atoms with E-state index in [2.05, 4.69) is 55.0 Å². The third kappa shape index (κ3) is 11.5. The van der Waals surface area contributed by atoms with Crippen LogP contribution in [0, 0.1) is 5.92 Å². The molecule has 182 valence electrons. The van der Waals surface area contributed by atoms with Gasteiger partial charge in [-0.2, -0.15) is 0 Å². The number of hydrogen-bond donors (Lipinski definition) is 0. The number of benzene rings is 1. The Kier molecular flexibility index (Phi) is 13.4. The Morgan fingerprint density at radius 1 is 0.848 bits per heavy atom. The highest BCUT2D eigenvalue weighted by Crippen LogP contribution is 2.19. The van der Waals surface area contributed by atoms with E-state index in [1.165, 1.54) is 63.4 Å². The van der Waals surface area contributed by atoms with E-state index in [0.717, 1.165) is 31.2 Å². The molecule has 1 unspecified atom stereocenters. The number of unbranched alkanes of at least 4 members (excludes halogenated alkanes) is 8. The molecule has 0 aliphatic heterocycles. The highest BCUT2D eigenvalue weighted by atomic mass is 16.5. The summed E-state index contributed by atoms with van der Waals surface area (Å²) in [4.78, 5) is 20.8. The fourth-order valence-electron chi connectivity index (χ4n) is 3.96. The number of esters is 1. The fraction of sp³-hybridized carbons (Fsp3) is 0.621. The average Bonchev–Trinajstić information content (AvgIpc) is 2.84. The summed E-state index contributed by atoms with van der Waals surface area (Å²) < 4.78 is 5.37. The van der Waals surface area contributed by atoms with Gasteiger partial charge in [0.05, 0.1) is 12.4 Å². The summed E-state index contributed by atoms with van der Waals surface area (Å²) in [6, 6.07) is 8.52. The smallest absolute Gasteiger partial charge is 0.311 e. The number of carbonyl (C=O) groups is 1. The molecule has 2 rings (SSSR count). The van der Waals surface area contributed by atoms with Crippen molar-refractivity contribution in [1.29, 1.82) is 0 Å². The van der Waals surface area contributed by atoms with E-state index in [4.69, 9.17) is 4.74 Å². The molecule has 0 amide bonds. The first kappa shape index (κ1) is 27.0. The first-order valence-electron chi connectivity index (χ1n) is 13.2. The van der Waals surface area contributed by atoms with E-state index < -0.39 is 0 Å². The van der Waals surface area contributed by atoms with Crippen molar-refractivity contribution >= 4 is 5.97 Å². The minimum atomic E-state index is -0.213. The second-order valence-corrected chi connectivity index (χ2v) is 9.40. The lowest BCUT2D eigenvalue weighted by atomic mass is 10.0. The minimum Gasteiger partial charge on any atom is -0.423 e.